The maximum absolute atomic E-state index is 13.0. The van der Waals surface area contributed by atoms with Crippen LogP contribution >= 0.6 is 0 Å². The second-order valence-corrected chi connectivity index (χ2v) is 6.94. The lowest BCUT2D eigenvalue weighted by molar-refractivity contribution is 0.0632. The third-order valence-corrected chi connectivity index (χ3v) is 5.35. The summed E-state index contributed by atoms with van der Waals surface area (Å²) >= 11 is 0. The van der Waals surface area contributed by atoms with Gasteiger partial charge in [0.25, 0.3) is 5.91 Å². The lowest BCUT2D eigenvalue weighted by Gasteiger charge is -2.35. The molecule has 29 heavy (non-hydrogen) atoms. The van der Waals surface area contributed by atoms with Gasteiger partial charge >= 0.3 is 0 Å². The molecule has 1 aliphatic rings. The van der Waals surface area contributed by atoms with E-state index in [4.69, 9.17) is 14.2 Å². The maximum Gasteiger partial charge on any atom is 0.254 e. The van der Waals surface area contributed by atoms with Crippen molar-refractivity contribution in [3.05, 3.63) is 35.9 Å². The van der Waals surface area contributed by atoms with Gasteiger partial charge < -0.3 is 23.7 Å². The Bertz CT molecular complexity index is 803. The first kappa shape index (κ1) is 21.0. The summed E-state index contributed by atoms with van der Waals surface area (Å²) in [7, 11) is 4.65. The van der Waals surface area contributed by atoms with Crippen LogP contribution in [0.4, 0.5) is 0 Å². The summed E-state index contributed by atoms with van der Waals surface area (Å²) in [5.41, 5.74) is 0.541. The highest BCUT2D eigenvalue weighted by Crippen LogP contribution is 2.38. The number of benzene rings is 1. The van der Waals surface area contributed by atoms with Gasteiger partial charge in [0.05, 0.1) is 21.3 Å². The molecule has 2 heterocycles. The van der Waals surface area contributed by atoms with Gasteiger partial charge in [-0.15, -0.1) is 0 Å². The summed E-state index contributed by atoms with van der Waals surface area (Å²) in [6, 6.07) is 3.42. The molecule has 2 aromatic rings. The molecule has 3 rings (SSSR count). The Labute approximate surface area is 172 Å². The number of hydrogen-bond donors (Lipinski definition) is 0. The number of rotatable bonds is 8. The predicted octanol–water partition coefficient (Wildman–Crippen LogP) is 1.93. The van der Waals surface area contributed by atoms with E-state index in [1.165, 1.54) is 0 Å². The van der Waals surface area contributed by atoms with Crippen molar-refractivity contribution in [1.82, 2.24) is 19.4 Å². The highest BCUT2D eigenvalue weighted by molar-refractivity contribution is 5.95. The van der Waals surface area contributed by atoms with Crippen LogP contribution in [0, 0.1) is 0 Å². The minimum Gasteiger partial charge on any atom is -0.493 e. The molecule has 158 valence electrons. The third-order valence-electron chi connectivity index (χ3n) is 5.35. The molecule has 1 aliphatic heterocycles. The van der Waals surface area contributed by atoms with Crippen LogP contribution in [-0.2, 0) is 13.0 Å². The first-order valence-corrected chi connectivity index (χ1v) is 9.92. The lowest BCUT2D eigenvalue weighted by atomic mass is 10.1. The highest BCUT2D eigenvalue weighted by Gasteiger charge is 2.24. The van der Waals surface area contributed by atoms with Gasteiger partial charge in [-0.05, 0) is 12.1 Å². The van der Waals surface area contributed by atoms with Gasteiger partial charge in [0, 0.05) is 63.6 Å². The Morgan fingerprint density at radius 2 is 1.66 bits per heavy atom. The summed E-state index contributed by atoms with van der Waals surface area (Å²) in [6.45, 7) is 7.09. The number of imidazole rings is 1. The van der Waals surface area contributed by atoms with Gasteiger partial charge in [-0.1, -0.05) is 6.92 Å². The van der Waals surface area contributed by atoms with Crippen LogP contribution < -0.4 is 14.2 Å². The van der Waals surface area contributed by atoms with E-state index in [1.807, 2.05) is 17.3 Å². The van der Waals surface area contributed by atoms with Crippen LogP contribution in [0.5, 0.6) is 17.2 Å². The summed E-state index contributed by atoms with van der Waals surface area (Å²) in [5, 5.41) is 0. The fraction of sp³-hybridized carbons (Fsp3) is 0.524. The highest BCUT2D eigenvalue weighted by atomic mass is 16.5. The minimum atomic E-state index is -0.0215. The zero-order chi connectivity index (χ0) is 20.8. The summed E-state index contributed by atoms with van der Waals surface area (Å²) in [5.74, 6) is 2.55. The van der Waals surface area contributed by atoms with E-state index in [2.05, 4.69) is 21.4 Å². The Kier molecular flexibility index (Phi) is 6.98. The molecule has 0 saturated carbocycles. The second kappa shape index (κ2) is 9.65. The molecule has 0 unspecified atom stereocenters. The molecule has 0 bridgehead atoms. The maximum atomic E-state index is 13.0. The van der Waals surface area contributed by atoms with Crippen LogP contribution in [-0.4, -0.2) is 79.3 Å². The fourth-order valence-corrected chi connectivity index (χ4v) is 3.67. The van der Waals surface area contributed by atoms with Gasteiger partial charge in [-0.3, -0.25) is 9.69 Å². The molecular formula is C21H30N4O4. The molecule has 0 spiro atoms. The van der Waals surface area contributed by atoms with E-state index in [9.17, 15) is 4.79 Å². The smallest absolute Gasteiger partial charge is 0.254 e. The van der Waals surface area contributed by atoms with E-state index in [0.717, 1.165) is 38.4 Å². The number of aryl methyl sites for hydroxylation is 1. The second-order valence-electron chi connectivity index (χ2n) is 6.94. The van der Waals surface area contributed by atoms with Crippen molar-refractivity contribution < 1.29 is 19.0 Å². The molecule has 1 aromatic carbocycles. The zero-order valence-corrected chi connectivity index (χ0v) is 17.7. The van der Waals surface area contributed by atoms with E-state index in [1.54, 1.807) is 33.5 Å². The zero-order valence-electron chi connectivity index (χ0n) is 17.7. The van der Waals surface area contributed by atoms with Crippen LogP contribution in [0.3, 0.4) is 0 Å². The van der Waals surface area contributed by atoms with Crippen molar-refractivity contribution in [1.29, 1.82) is 0 Å². The molecule has 0 aliphatic carbocycles. The van der Waals surface area contributed by atoms with E-state index in [0.29, 0.717) is 35.9 Å². The molecule has 0 radical (unpaired) electrons. The molecule has 1 amide bonds. The summed E-state index contributed by atoms with van der Waals surface area (Å²) in [6.07, 6.45) is 4.82. The molecule has 0 N–H and O–H groups in total. The molecule has 0 atom stereocenters. The van der Waals surface area contributed by atoms with Gasteiger partial charge in [0.15, 0.2) is 11.5 Å². The molecule has 1 saturated heterocycles. The number of ether oxygens (including phenoxy) is 3. The van der Waals surface area contributed by atoms with Gasteiger partial charge in [-0.25, -0.2) is 4.98 Å². The van der Waals surface area contributed by atoms with Crippen molar-refractivity contribution in [2.45, 2.75) is 19.9 Å². The Hall–Kier alpha value is -2.74. The van der Waals surface area contributed by atoms with Crippen LogP contribution in [0.2, 0.25) is 0 Å². The van der Waals surface area contributed by atoms with Crippen molar-refractivity contribution >= 4 is 5.91 Å². The molecule has 1 fully saturated rings. The number of carbonyl (C=O) groups excluding carboxylic acids is 1. The Balaban J connectivity index is 1.60. The van der Waals surface area contributed by atoms with Crippen molar-refractivity contribution in [3.63, 3.8) is 0 Å². The molecule has 1 aromatic heterocycles. The van der Waals surface area contributed by atoms with Crippen LogP contribution in [0.25, 0.3) is 0 Å². The lowest BCUT2D eigenvalue weighted by Crippen LogP contribution is -2.49. The molecule has 8 heteroatoms. The van der Waals surface area contributed by atoms with E-state index in [-0.39, 0.29) is 5.91 Å². The third kappa shape index (κ3) is 4.64. The quantitative estimate of drug-likeness (QED) is 0.672. The number of methoxy groups -OCH3 is 3. The largest absolute Gasteiger partial charge is 0.493 e. The van der Waals surface area contributed by atoms with Crippen LogP contribution in [0.15, 0.2) is 24.5 Å². The first-order valence-electron chi connectivity index (χ1n) is 9.92. The predicted molar refractivity (Wildman–Crippen MR) is 110 cm³/mol. The van der Waals surface area contributed by atoms with Crippen molar-refractivity contribution in [2.75, 3.05) is 54.1 Å². The number of carbonyl (C=O) groups is 1. The van der Waals surface area contributed by atoms with Crippen molar-refractivity contribution in [3.8, 4) is 17.2 Å². The minimum absolute atomic E-state index is 0.0215. The number of piperazine rings is 1. The Morgan fingerprint density at radius 1 is 1.00 bits per heavy atom. The van der Waals surface area contributed by atoms with E-state index >= 15 is 0 Å². The number of nitrogens with zero attached hydrogens (tertiary/aromatic N) is 4. The van der Waals surface area contributed by atoms with Gasteiger partial charge in [0.2, 0.25) is 5.75 Å². The number of amides is 1. The average molecular weight is 402 g/mol. The molecular weight excluding hydrogens is 372 g/mol. The first-order chi connectivity index (χ1) is 14.1. The SMILES string of the molecule is CCc1nccn1CCN1CCN(C(=O)c2cc(OC)c(OC)c(OC)c2)CC1. The standard InChI is InChI=1S/C21H30N4O4/c1-5-19-22-6-7-24(19)11-8-23-9-12-25(13-10-23)21(26)16-14-17(27-2)20(29-4)18(15-16)28-3/h6-7,14-15H,5,8-13H2,1-4H3. The summed E-state index contributed by atoms with van der Waals surface area (Å²) < 4.78 is 18.3. The van der Waals surface area contributed by atoms with Gasteiger partial charge in [-0.2, -0.15) is 0 Å². The molecule has 8 nitrogen and oxygen atoms in total. The normalized spacial score (nSPS) is 14.7. The average Bonchev–Trinajstić information content (AvgIpc) is 3.24. The topological polar surface area (TPSA) is 69.1 Å². The number of hydrogen-bond acceptors (Lipinski definition) is 6. The monoisotopic (exact) mass is 402 g/mol. The van der Waals surface area contributed by atoms with Gasteiger partial charge in [0.1, 0.15) is 5.82 Å². The van der Waals surface area contributed by atoms with Crippen LogP contribution in [0.1, 0.15) is 23.1 Å². The summed E-state index contributed by atoms with van der Waals surface area (Å²) in [4.78, 5) is 21.7. The Morgan fingerprint density at radius 3 is 2.21 bits per heavy atom. The van der Waals surface area contributed by atoms with Crippen molar-refractivity contribution in [2.24, 2.45) is 0 Å². The fourth-order valence-electron chi connectivity index (χ4n) is 3.67. The van der Waals surface area contributed by atoms with E-state index < -0.39 is 0 Å². The number of aromatic nitrogens is 2.